The summed E-state index contributed by atoms with van der Waals surface area (Å²) in [5, 5.41) is 21.7. The third-order valence-electron chi connectivity index (χ3n) is 5.27. The highest BCUT2D eigenvalue weighted by molar-refractivity contribution is 5.85. The van der Waals surface area contributed by atoms with Crippen LogP contribution in [0.25, 0.3) is 11.1 Å². The van der Waals surface area contributed by atoms with Gasteiger partial charge < -0.3 is 15.2 Å². The van der Waals surface area contributed by atoms with Gasteiger partial charge in [-0.05, 0) is 35.1 Å². The summed E-state index contributed by atoms with van der Waals surface area (Å²) in [6, 6.07) is 14.6. The van der Waals surface area contributed by atoms with Crippen molar-refractivity contribution in [2.24, 2.45) is 0 Å². The Hall–Kier alpha value is -3.39. The van der Waals surface area contributed by atoms with E-state index in [2.05, 4.69) is 5.32 Å². The molecule has 0 aromatic heterocycles. The van der Waals surface area contributed by atoms with Crippen LogP contribution < -0.4 is 5.32 Å². The van der Waals surface area contributed by atoms with Gasteiger partial charge in [0.25, 0.3) is 5.91 Å². The number of fused-ring (bicyclic) bond motifs is 3. The smallest absolute Gasteiger partial charge is 0.407 e. The molecule has 31 heavy (non-hydrogen) atoms. The van der Waals surface area contributed by atoms with Crippen LogP contribution in [0.4, 0.5) is 4.79 Å². The molecule has 0 aliphatic heterocycles. The average molecular weight is 426 g/mol. The molecule has 3 N–H and O–H groups in total. The van der Waals surface area contributed by atoms with Crippen LogP contribution in [0.15, 0.2) is 48.5 Å². The molecule has 2 amide bonds. The number of hydrogen-bond acceptors (Lipinski definition) is 5. The molecule has 8 nitrogen and oxygen atoms in total. The number of hydroxylamine groups is 2. The maximum absolute atomic E-state index is 12.4. The third-order valence-corrected chi connectivity index (χ3v) is 5.27. The normalized spacial score (nSPS) is 13.1. The molecule has 0 saturated carbocycles. The maximum Gasteiger partial charge on any atom is 0.407 e. The lowest BCUT2D eigenvalue weighted by molar-refractivity contribution is -0.168. The second-order valence-corrected chi connectivity index (χ2v) is 7.42. The van der Waals surface area contributed by atoms with Crippen molar-refractivity contribution in [3.63, 3.8) is 0 Å². The van der Waals surface area contributed by atoms with Gasteiger partial charge in [0.15, 0.2) is 0 Å². The number of carbonyl (C=O) groups is 3. The molecule has 0 heterocycles. The van der Waals surface area contributed by atoms with Gasteiger partial charge in [-0.25, -0.2) is 9.86 Å². The van der Waals surface area contributed by atoms with E-state index in [-0.39, 0.29) is 31.9 Å². The Morgan fingerprint density at radius 3 is 2.19 bits per heavy atom. The summed E-state index contributed by atoms with van der Waals surface area (Å²) in [5.74, 6) is -2.01. The maximum atomic E-state index is 12.4. The summed E-state index contributed by atoms with van der Waals surface area (Å²) < 4.78 is 5.42. The molecular weight excluding hydrogens is 400 g/mol. The molecule has 0 spiro atoms. The number of nitrogens with zero attached hydrogens (tertiary/aromatic N) is 1. The first-order valence-electron chi connectivity index (χ1n) is 10.3. The summed E-state index contributed by atoms with van der Waals surface area (Å²) in [7, 11) is 0. The first-order valence-corrected chi connectivity index (χ1v) is 10.3. The van der Waals surface area contributed by atoms with E-state index in [1.54, 1.807) is 6.92 Å². The minimum atomic E-state index is -1.19. The highest BCUT2D eigenvalue weighted by atomic mass is 16.5. The second kappa shape index (κ2) is 10.1. The summed E-state index contributed by atoms with van der Waals surface area (Å²) in [6.45, 7) is 1.92. The molecule has 1 aliphatic carbocycles. The Labute approximate surface area is 180 Å². The molecule has 8 heteroatoms. The summed E-state index contributed by atoms with van der Waals surface area (Å²) in [4.78, 5) is 35.7. The van der Waals surface area contributed by atoms with Crippen molar-refractivity contribution in [1.29, 1.82) is 0 Å². The molecule has 0 bridgehead atoms. The largest absolute Gasteiger partial charge is 0.481 e. The molecule has 164 valence electrons. The van der Waals surface area contributed by atoms with Crippen molar-refractivity contribution >= 4 is 18.0 Å². The quantitative estimate of drug-likeness (QED) is 0.418. The van der Waals surface area contributed by atoms with Gasteiger partial charge in [0, 0.05) is 18.9 Å². The van der Waals surface area contributed by atoms with Crippen molar-refractivity contribution in [3.05, 3.63) is 59.7 Å². The zero-order chi connectivity index (χ0) is 22.4. The fourth-order valence-corrected chi connectivity index (χ4v) is 3.81. The highest BCUT2D eigenvalue weighted by Crippen LogP contribution is 2.44. The van der Waals surface area contributed by atoms with Crippen molar-refractivity contribution in [3.8, 4) is 11.1 Å². The number of carboxylic acids is 1. The Bertz CT molecular complexity index is 915. The number of ether oxygens (including phenoxy) is 1. The zero-order valence-electron chi connectivity index (χ0n) is 17.3. The summed E-state index contributed by atoms with van der Waals surface area (Å²) in [5.41, 5.74) is 4.30. The molecule has 1 atom stereocenters. The monoisotopic (exact) mass is 426 g/mol. The van der Waals surface area contributed by atoms with E-state index < -0.39 is 24.0 Å². The average Bonchev–Trinajstić information content (AvgIpc) is 3.08. The van der Waals surface area contributed by atoms with Crippen LogP contribution >= 0.6 is 0 Å². The Balaban J connectivity index is 1.67. The lowest BCUT2D eigenvalue weighted by Crippen LogP contribution is -2.48. The molecule has 1 unspecified atom stereocenters. The molecule has 2 aromatic carbocycles. The molecular formula is C23H26N2O6. The fraction of sp³-hybridized carbons (Fsp3) is 0.348. The number of amides is 2. The highest BCUT2D eigenvalue weighted by Gasteiger charge is 2.30. The molecule has 1 aliphatic rings. The predicted molar refractivity (Wildman–Crippen MR) is 113 cm³/mol. The van der Waals surface area contributed by atoms with Gasteiger partial charge in [0.1, 0.15) is 12.6 Å². The standard InChI is InChI=1S/C23H26N2O6/c1-2-13-25(30)22(28)20(11-12-21(26)27)24-23(29)31-14-19-17-9-5-3-7-15(17)16-8-4-6-10-18(16)19/h3-10,19-20,30H,2,11-14H2,1H3,(H,24,29)(H,26,27). The predicted octanol–water partition coefficient (Wildman–Crippen LogP) is 3.39. The van der Waals surface area contributed by atoms with Crippen LogP contribution in [0, 0.1) is 0 Å². The number of carbonyl (C=O) groups excluding carboxylic acids is 2. The number of rotatable bonds is 9. The van der Waals surface area contributed by atoms with E-state index in [1.165, 1.54) is 0 Å². The van der Waals surface area contributed by atoms with E-state index in [1.807, 2.05) is 48.5 Å². The van der Waals surface area contributed by atoms with E-state index in [0.29, 0.717) is 11.5 Å². The number of alkyl carbamates (subject to hydrolysis) is 1. The van der Waals surface area contributed by atoms with E-state index >= 15 is 0 Å². The van der Waals surface area contributed by atoms with Crippen molar-refractivity contribution in [2.75, 3.05) is 13.2 Å². The lowest BCUT2D eigenvalue weighted by Gasteiger charge is -2.22. The summed E-state index contributed by atoms with van der Waals surface area (Å²) >= 11 is 0. The number of hydrogen-bond donors (Lipinski definition) is 3. The number of carboxylic acid groups (broad SMARTS) is 1. The van der Waals surface area contributed by atoms with Gasteiger partial charge in [0.2, 0.25) is 0 Å². The Morgan fingerprint density at radius 1 is 1.06 bits per heavy atom. The van der Waals surface area contributed by atoms with Gasteiger partial charge in [-0.15, -0.1) is 0 Å². The SMILES string of the molecule is CCCN(O)C(=O)C(CCC(=O)O)NC(=O)OCC1c2ccccc2-c2ccccc21. The van der Waals surface area contributed by atoms with Crippen molar-refractivity contribution in [1.82, 2.24) is 10.4 Å². The first-order chi connectivity index (χ1) is 14.9. The van der Waals surface area contributed by atoms with Crippen LogP contribution in [-0.4, -0.2) is 52.5 Å². The van der Waals surface area contributed by atoms with Crippen LogP contribution in [0.1, 0.15) is 43.2 Å². The molecule has 0 fully saturated rings. The third kappa shape index (κ3) is 5.21. The zero-order valence-corrected chi connectivity index (χ0v) is 17.3. The minimum Gasteiger partial charge on any atom is -0.481 e. The van der Waals surface area contributed by atoms with Gasteiger partial charge in [-0.2, -0.15) is 0 Å². The number of benzene rings is 2. The van der Waals surface area contributed by atoms with Crippen LogP contribution in [0.2, 0.25) is 0 Å². The van der Waals surface area contributed by atoms with E-state index in [4.69, 9.17) is 9.84 Å². The Morgan fingerprint density at radius 2 is 1.65 bits per heavy atom. The van der Waals surface area contributed by atoms with E-state index in [9.17, 15) is 19.6 Å². The van der Waals surface area contributed by atoms with Crippen LogP contribution in [0.5, 0.6) is 0 Å². The lowest BCUT2D eigenvalue weighted by atomic mass is 9.98. The van der Waals surface area contributed by atoms with Gasteiger partial charge in [0.05, 0.1) is 0 Å². The van der Waals surface area contributed by atoms with Crippen molar-refractivity contribution in [2.45, 2.75) is 38.1 Å². The Kier molecular flexibility index (Phi) is 7.25. The molecule has 3 rings (SSSR count). The molecule has 0 saturated heterocycles. The van der Waals surface area contributed by atoms with E-state index in [0.717, 1.165) is 22.3 Å². The number of aliphatic carboxylic acids is 1. The van der Waals surface area contributed by atoms with Gasteiger partial charge in [-0.3, -0.25) is 14.8 Å². The number of nitrogens with one attached hydrogen (secondary N) is 1. The van der Waals surface area contributed by atoms with Crippen molar-refractivity contribution < 1.29 is 29.4 Å². The van der Waals surface area contributed by atoms with Crippen LogP contribution in [0.3, 0.4) is 0 Å². The van der Waals surface area contributed by atoms with Crippen LogP contribution in [-0.2, 0) is 14.3 Å². The molecule has 0 radical (unpaired) electrons. The molecule has 2 aromatic rings. The van der Waals surface area contributed by atoms with Gasteiger partial charge in [-0.1, -0.05) is 55.5 Å². The second-order valence-electron chi connectivity index (χ2n) is 7.42. The fourth-order valence-electron chi connectivity index (χ4n) is 3.81. The minimum absolute atomic E-state index is 0.0670. The summed E-state index contributed by atoms with van der Waals surface area (Å²) in [6.07, 6.45) is -0.812. The van der Waals surface area contributed by atoms with Gasteiger partial charge >= 0.3 is 12.1 Å². The first kappa shape index (κ1) is 22.3. The topological polar surface area (TPSA) is 116 Å².